The Balaban J connectivity index is 4.76. The number of carbonyl (C=O) groups is 3. The summed E-state index contributed by atoms with van der Waals surface area (Å²) in [6, 6.07) is 0. The first-order chi connectivity index (χ1) is 37.2. The number of phosphoric ester groups is 1. The molecule has 0 amide bonds. The van der Waals surface area contributed by atoms with E-state index in [0.717, 1.165) is 128 Å². The Morgan fingerprint density at radius 1 is 0.382 bits per heavy atom. The third-order valence-corrected chi connectivity index (χ3v) is 13.4. The molecule has 0 fully saturated rings. The topological polar surface area (TPSA) is 155 Å². The van der Waals surface area contributed by atoms with Crippen LogP contribution in [-0.4, -0.2) is 66.5 Å². The number of phosphoric acid groups is 1. The van der Waals surface area contributed by atoms with Crippen molar-refractivity contribution >= 4 is 25.7 Å². The summed E-state index contributed by atoms with van der Waals surface area (Å²) in [6.45, 7) is 4.35. The average Bonchev–Trinajstić information content (AvgIpc) is 3.41. The van der Waals surface area contributed by atoms with Crippen molar-refractivity contribution in [2.24, 2.45) is 0 Å². The van der Waals surface area contributed by atoms with Crippen LogP contribution in [0.2, 0.25) is 0 Å². The average molecular weight is 1090 g/mol. The minimum atomic E-state index is -4.77. The van der Waals surface area contributed by atoms with Gasteiger partial charge in [-0.05, 0) is 116 Å². The number of aliphatic hydroxyl groups is 1. The molecule has 0 aromatic rings. The van der Waals surface area contributed by atoms with Gasteiger partial charge >= 0.3 is 25.7 Å². The lowest BCUT2D eigenvalue weighted by Gasteiger charge is -2.21. The number of hydrogen-bond acceptors (Lipinski definition) is 10. The molecule has 0 spiro atoms. The molecule has 3 atom stereocenters. The quantitative estimate of drug-likeness (QED) is 0.0197. The van der Waals surface area contributed by atoms with Crippen molar-refractivity contribution < 1.29 is 52.2 Å². The van der Waals surface area contributed by atoms with E-state index < -0.39 is 57.8 Å². The first-order valence-corrected chi connectivity index (χ1v) is 31.6. The van der Waals surface area contributed by atoms with Crippen molar-refractivity contribution in [1.82, 2.24) is 0 Å². The van der Waals surface area contributed by atoms with Gasteiger partial charge in [-0.25, -0.2) is 4.57 Å². The van der Waals surface area contributed by atoms with Crippen LogP contribution < -0.4 is 0 Å². The highest BCUT2D eigenvalue weighted by Crippen LogP contribution is 2.43. The molecule has 3 unspecified atom stereocenters. The molecule has 0 aliphatic heterocycles. The second kappa shape index (κ2) is 57.6. The van der Waals surface area contributed by atoms with Crippen LogP contribution >= 0.6 is 7.82 Å². The van der Waals surface area contributed by atoms with Gasteiger partial charge in [0, 0.05) is 19.3 Å². The van der Waals surface area contributed by atoms with Crippen molar-refractivity contribution in [2.45, 2.75) is 264 Å². The number of esters is 3. The molecule has 0 aromatic heterocycles. The Morgan fingerprint density at radius 3 is 1.07 bits per heavy atom. The molecule has 11 nitrogen and oxygen atoms in total. The van der Waals surface area contributed by atoms with E-state index in [4.69, 9.17) is 23.3 Å². The van der Waals surface area contributed by atoms with Crippen molar-refractivity contribution in [1.29, 1.82) is 0 Å². The van der Waals surface area contributed by atoms with Gasteiger partial charge in [0.1, 0.15) is 12.7 Å². The van der Waals surface area contributed by atoms with Gasteiger partial charge in [0.2, 0.25) is 0 Å². The Kier molecular flexibility index (Phi) is 54.8. The summed E-state index contributed by atoms with van der Waals surface area (Å²) in [5, 5.41) is 9.81. The van der Waals surface area contributed by atoms with Crippen LogP contribution in [0.1, 0.15) is 252 Å². The fourth-order valence-corrected chi connectivity index (χ4v) is 8.73. The van der Waals surface area contributed by atoms with Gasteiger partial charge in [0.15, 0.2) is 6.10 Å². The molecule has 0 bridgehead atoms. The van der Waals surface area contributed by atoms with E-state index in [2.05, 4.69) is 118 Å². The summed E-state index contributed by atoms with van der Waals surface area (Å²) >= 11 is 0. The summed E-state index contributed by atoms with van der Waals surface area (Å²) in [5.41, 5.74) is 0. The van der Waals surface area contributed by atoms with Gasteiger partial charge in [0.25, 0.3) is 0 Å². The van der Waals surface area contributed by atoms with Gasteiger partial charge in [0.05, 0.1) is 19.8 Å². The predicted molar refractivity (Wildman–Crippen MR) is 316 cm³/mol. The Hall–Kier alpha value is -3.60. The lowest BCUT2D eigenvalue weighted by molar-refractivity contribution is -0.161. The van der Waals surface area contributed by atoms with Gasteiger partial charge in [-0.3, -0.25) is 23.4 Å². The van der Waals surface area contributed by atoms with Crippen molar-refractivity contribution in [3.8, 4) is 0 Å². The number of hydrogen-bond donors (Lipinski definition) is 2. The largest absolute Gasteiger partial charge is 0.472 e. The fourth-order valence-electron chi connectivity index (χ4n) is 7.94. The van der Waals surface area contributed by atoms with Crippen LogP contribution in [0.25, 0.3) is 0 Å². The standard InChI is InChI=1S/C64H109O11P/c1-4-7-10-13-16-19-22-25-27-29-30-32-33-36-38-41-44-47-50-53-62(66)71-57-61(75-64(68)55-52-49-46-43-40-37-34-31-28-26-23-20-17-14-11-8-5-2)59-73-76(69,70)72-58-60(56-65)74-63(67)54-51-48-45-42-39-35-24-21-18-15-12-9-6-3/h8-9,11-12,16-21,25-28,35,39,60-61,65H,4-7,10,13-15,22-24,29-34,36-38,40-59H2,1-3H3,(H,69,70)/b11-8-,12-9-,19-16-,20-17-,21-18-,27-25-,28-26-,39-35-. The zero-order valence-corrected chi connectivity index (χ0v) is 49.1. The van der Waals surface area contributed by atoms with Gasteiger partial charge < -0.3 is 24.2 Å². The van der Waals surface area contributed by atoms with Crippen LogP contribution in [0.5, 0.6) is 0 Å². The smallest absolute Gasteiger partial charge is 0.462 e. The normalized spacial score (nSPS) is 14.0. The first kappa shape index (κ1) is 72.4. The highest BCUT2D eigenvalue weighted by molar-refractivity contribution is 7.47. The molecule has 0 heterocycles. The molecule has 436 valence electrons. The molecule has 12 heteroatoms. The molecule has 0 aliphatic rings. The van der Waals surface area contributed by atoms with Crippen molar-refractivity contribution in [3.05, 3.63) is 97.2 Å². The molecule has 0 aromatic carbocycles. The SMILES string of the molecule is CC/C=C\C/C=C\C/C=C\CCCCCCCCCC(=O)OC(COC(=O)CCCCCCCCCCC/C=C\C/C=C\CCCCC)COP(=O)(O)OCC(CO)OC(=O)CCCCC/C=C\C/C=C\C/C=C\CC. The van der Waals surface area contributed by atoms with Gasteiger partial charge in [-0.2, -0.15) is 0 Å². The summed E-state index contributed by atoms with van der Waals surface area (Å²) in [7, 11) is -4.77. The number of allylic oxidation sites excluding steroid dienone is 16. The van der Waals surface area contributed by atoms with Gasteiger partial charge in [-0.1, -0.05) is 214 Å². The molecular formula is C64H109O11P. The van der Waals surface area contributed by atoms with Crippen molar-refractivity contribution in [2.75, 3.05) is 26.4 Å². The highest BCUT2D eigenvalue weighted by atomic mass is 31.2. The minimum Gasteiger partial charge on any atom is -0.462 e. The molecule has 76 heavy (non-hydrogen) atoms. The van der Waals surface area contributed by atoms with Crippen LogP contribution in [0.3, 0.4) is 0 Å². The number of rotatable bonds is 55. The Morgan fingerprint density at radius 2 is 0.684 bits per heavy atom. The summed E-state index contributed by atoms with van der Waals surface area (Å²) in [4.78, 5) is 48.6. The van der Waals surface area contributed by atoms with Crippen LogP contribution in [0, 0.1) is 0 Å². The zero-order valence-electron chi connectivity index (χ0n) is 48.2. The van der Waals surface area contributed by atoms with Gasteiger partial charge in [-0.15, -0.1) is 0 Å². The van der Waals surface area contributed by atoms with E-state index in [1.165, 1.54) is 64.2 Å². The summed E-state index contributed by atoms with van der Waals surface area (Å²) < 4.78 is 39.5. The minimum absolute atomic E-state index is 0.138. The Labute approximate surface area is 463 Å². The monoisotopic (exact) mass is 1080 g/mol. The number of ether oxygens (including phenoxy) is 3. The van der Waals surface area contributed by atoms with E-state index >= 15 is 0 Å². The fraction of sp³-hybridized carbons (Fsp3) is 0.703. The molecule has 0 saturated heterocycles. The van der Waals surface area contributed by atoms with E-state index in [0.29, 0.717) is 19.3 Å². The maximum absolute atomic E-state index is 12.9. The molecule has 0 aliphatic carbocycles. The molecule has 0 saturated carbocycles. The highest BCUT2D eigenvalue weighted by Gasteiger charge is 2.28. The second-order valence-electron chi connectivity index (χ2n) is 19.7. The van der Waals surface area contributed by atoms with Crippen LogP contribution in [-0.2, 0) is 42.2 Å². The van der Waals surface area contributed by atoms with Crippen LogP contribution in [0.15, 0.2) is 97.2 Å². The van der Waals surface area contributed by atoms with Crippen LogP contribution in [0.4, 0.5) is 0 Å². The third kappa shape index (κ3) is 55.2. The molecular weight excluding hydrogens is 976 g/mol. The number of aliphatic hydroxyl groups excluding tert-OH is 1. The van der Waals surface area contributed by atoms with E-state index in [-0.39, 0.29) is 25.9 Å². The second-order valence-corrected chi connectivity index (χ2v) is 21.2. The van der Waals surface area contributed by atoms with E-state index in [9.17, 15) is 28.9 Å². The van der Waals surface area contributed by atoms with E-state index in [1.807, 2.05) is 0 Å². The maximum atomic E-state index is 12.9. The molecule has 0 radical (unpaired) electrons. The zero-order chi connectivity index (χ0) is 55.5. The Bertz CT molecular complexity index is 1640. The number of carbonyl (C=O) groups excluding carboxylic acids is 3. The lowest BCUT2D eigenvalue weighted by atomic mass is 10.1. The van der Waals surface area contributed by atoms with E-state index in [1.54, 1.807) is 0 Å². The molecule has 2 N–H and O–H groups in total. The first-order valence-electron chi connectivity index (χ1n) is 30.1. The third-order valence-electron chi connectivity index (χ3n) is 12.5. The summed E-state index contributed by atoms with van der Waals surface area (Å²) in [6.07, 6.45) is 67.9. The summed E-state index contributed by atoms with van der Waals surface area (Å²) in [5.74, 6) is -1.51. The van der Waals surface area contributed by atoms with Crippen molar-refractivity contribution in [3.63, 3.8) is 0 Å². The molecule has 0 rings (SSSR count). The maximum Gasteiger partial charge on any atom is 0.472 e. The number of unbranched alkanes of at least 4 members (excludes halogenated alkanes) is 22. The predicted octanol–water partition coefficient (Wildman–Crippen LogP) is 18.0. The lowest BCUT2D eigenvalue weighted by Crippen LogP contribution is -2.30.